The van der Waals surface area contributed by atoms with Gasteiger partial charge in [0.15, 0.2) is 0 Å². The number of nitrogen functional groups attached to an aromatic ring is 1. The van der Waals surface area contributed by atoms with Crippen LogP contribution in [0.1, 0.15) is 11.5 Å². The molecule has 3 aromatic rings. The van der Waals surface area contributed by atoms with E-state index in [0.29, 0.717) is 5.82 Å². The first kappa shape index (κ1) is 13.1. The average molecular weight is 306 g/mol. The Labute approximate surface area is 124 Å². The van der Waals surface area contributed by atoms with Gasteiger partial charge >= 0.3 is 0 Å². The molecule has 0 aliphatic heterocycles. The number of imidazole rings is 1. The number of rotatable bonds is 5. The fourth-order valence-corrected chi connectivity index (χ4v) is 3.49. The Hall–Kier alpha value is -1.93. The summed E-state index contributed by atoms with van der Waals surface area (Å²) in [5.74, 6) is 1.49. The van der Waals surface area contributed by atoms with Gasteiger partial charge in [-0.1, -0.05) is 0 Å². The van der Waals surface area contributed by atoms with E-state index in [1.165, 1.54) is 11.5 Å². The predicted octanol–water partition coefficient (Wildman–Crippen LogP) is 2.53. The van der Waals surface area contributed by atoms with E-state index in [2.05, 4.69) is 24.6 Å². The number of hydrogen-bond acceptors (Lipinski definition) is 7. The molecule has 0 unspecified atom stereocenters. The highest BCUT2D eigenvalue weighted by Gasteiger charge is 2.16. The lowest BCUT2D eigenvalue weighted by Crippen LogP contribution is -2.05. The quantitative estimate of drug-likeness (QED) is 0.673. The van der Waals surface area contributed by atoms with Crippen molar-refractivity contribution in [3.63, 3.8) is 0 Å². The molecule has 20 heavy (non-hydrogen) atoms. The number of nitrogens with zero attached hydrogens (tertiary/aromatic N) is 3. The Morgan fingerprint density at radius 1 is 1.45 bits per heavy atom. The van der Waals surface area contributed by atoms with Crippen LogP contribution in [-0.4, -0.2) is 25.9 Å². The lowest BCUT2D eigenvalue weighted by molar-refractivity contribution is 0.930. The van der Waals surface area contributed by atoms with Crippen molar-refractivity contribution in [3.8, 4) is 10.6 Å². The summed E-state index contributed by atoms with van der Waals surface area (Å²) < 4.78 is 4.22. The van der Waals surface area contributed by atoms with Gasteiger partial charge in [-0.05, 0) is 18.5 Å². The molecule has 6 nitrogen and oxygen atoms in total. The maximum absolute atomic E-state index is 5.96. The van der Waals surface area contributed by atoms with Crippen molar-refractivity contribution in [3.05, 3.63) is 29.3 Å². The number of aromatic nitrogens is 4. The number of aromatic amines is 1. The maximum atomic E-state index is 5.96. The Balaban J connectivity index is 1.74. The summed E-state index contributed by atoms with van der Waals surface area (Å²) in [6.07, 6.45) is 4.40. The summed E-state index contributed by atoms with van der Waals surface area (Å²) in [6, 6.07) is 0. The summed E-state index contributed by atoms with van der Waals surface area (Å²) in [5.41, 5.74) is 7.86. The van der Waals surface area contributed by atoms with Crippen molar-refractivity contribution in [2.45, 2.75) is 13.3 Å². The highest BCUT2D eigenvalue weighted by Crippen LogP contribution is 2.38. The van der Waals surface area contributed by atoms with Crippen LogP contribution in [0.5, 0.6) is 0 Å². The van der Waals surface area contributed by atoms with E-state index < -0.39 is 0 Å². The van der Waals surface area contributed by atoms with E-state index in [-0.39, 0.29) is 0 Å². The van der Waals surface area contributed by atoms with Gasteiger partial charge in [-0.2, -0.15) is 4.37 Å². The molecule has 3 rings (SSSR count). The molecule has 8 heteroatoms. The number of hydrogen-bond donors (Lipinski definition) is 3. The van der Waals surface area contributed by atoms with E-state index in [1.54, 1.807) is 17.5 Å². The monoisotopic (exact) mass is 306 g/mol. The summed E-state index contributed by atoms with van der Waals surface area (Å²) >= 11 is 2.95. The highest BCUT2D eigenvalue weighted by atomic mass is 32.1. The molecule has 0 fully saturated rings. The smallest absolute Gasteiger partial charge is 0.149 e. The summed E-state index contributed by atoms with van der Waals surface area (Å²) in [6.45, 7) is 2.74. The van der Waals surface area contributed by atoms with Crippen LogP contribution < -0.4 is 11.1 Å². The highest BCUT2D eigenvalue weighted by molar-refractivity contribution is 7.15. The Morgan fingerprint density at radius 2 is 2.35 bits per heavy atom. The minimum Gasteiger partial charge on any atom is -0.382 e. The second kappa shape index (κ2) is 5.59. The van der Waals surface area contributed by atoms with E-state index in [1.807, 2.05) is 18.5 Å². The van der Waals surface area contributed by atoms with Crippen molar-refractivity contribution in [1.82, 2.24) is 19.3 Å². The van der Waals surface area contributed by atoms with Crippen molar-refractivity contribution in [2.24, 2.45) is 0 Å². The van der Waals surface area contributed by atoms with Gasteiger partial charge in [-0.15, -0.1) is 11.3 Å². The fourth-order valence-electron chi connectivity index (χ4n) is 1.83. The summed E-state index contributed by atoms with van der Waals surface area (Å²) in [4.78, 5) is 11.8. The Bertz CT molecular complexity index is 685. The molecule has 104 valence electrons. The SMILES string of the molecule is Cc1csc(-c2c(N)nsc2NCCc2ncc[nH]2)n1. The van der Waals surface area contributed by atoms with Gasteiger partial charge in [0, 0.05) is 36.4 Å². The average Bonchev–Trinajstić information content (AvgIpc) is 3.12. The van der Waals surface area contributed by atoms with Gasteiger partial charge in [0.2, 0.25) is 0 Å². The van der Waals surface area contributed by atoms with E-state index in [4.69, 9.17) is 5.73 Å². The van der Waals surface area contributed by atoms with Gasteiger partial charge in [0.05, 0.1) is 5.56 Å². The zero-order valence-corrected chi connectivity index (χ0v) is 12.5. The lowest BCUT2D eigenvalue weighted by Gasteiger charge is -2.04. The van der Waals surface area contributed by atoms with Crippen LogP contribution in [-0.2, 0) is 6.42 Å². The molecule has 0 saturated carbocycles. The van der Waals surface area contributed by atoms with Gasteiger partial charge in [-0.3, -0.25) is 0 Å². The topological polar surface area (TPSA) is 92.5 Å². The molecule has 0 atom stereocenters. The van der Waals surface area contributed by atoms with Crippen molar-refractivity contribution < 1.29 is 0 Å². The molecule has 0 bridgehead atoms. The maximum Gasteiger partial charge on any atom is 0.149 e. The molecule has 0 aliphatic carbocycles. The summed E-state index contributed by atoms with van der Waals surface area (Å²) in [5, 5.41) is 7.25. The van der Waals surface area contributed by atoms with Crippen LogP contribution in [0, 0.1) is 6.92 Å². The van der Waals surface area contributed by atoms with Crippen LogP contribution in [0.25, 0.3) is 10.6 Å². The van der Waals surface area contributed by atoms with E-state index >= 15 is 0 Å². The first-order chi connectivity index (χ1) is 9.74. The molecular formula is C12H14N6S2. The van der Waals surface area contributed by atoms with Gasteiger partial charge in [0.25, 0.3) is 0 Å². The van der Waals surface area contributed by atoms with Gasteiger partial charge in [-0.25, -0.2) is 9.97 Å². The third-order valence-electron chi connectivity index (χ3n) is 2.75. The standard InChI is InChI=1S/C12H14N6S2/c1-7-6-19-12(17-7)9-10(13)18-20-11(9)16-3-2-8-14-4-5-15-8/h4-6,16H,2-3H2,1H3,(H2,13,18)(H,14,15). The molecule has 3 aromatic heterocycles. The molecule has 0 saturated heterocycles. The van der Waals surface area contributed by atoms with Crippen molar-refractivity contribution in [2.75, 3.05) is 17.6 Å². The van der Waals surface area contributed by atoms with Gasteiger partial charge < -0.3 is 16.0 Å². The van der Waals surface area contributed by atoms with Gasteiger partial charge in [0.1, 0.15) is 21.7 Å². The fraction of sp³-hybridized carbons (Fsp3) is 0.250. The number of nitrogens with one attached hydrogen (secondary N) is 2. The zero-order valence-electron chi connectivity index (χ0n) is 10.9. The first-order valence-electron chi connectivity index (χ1n) is 6.14. The van der Waals surface area contributed by atoms with Crippen LogP contribution >= 0.6 is 22.9 Å². The molecule has 3 heterocycles. The number of anilines is 2. The number of aryl methyl sites for hydroxylation is 1. The lowest BCUT2D eigenvalue weighted by atomic mass is 10.3. The van der Waals surface area contributed by atoms with Crippen LogP contribution in [0.4, 0.5) is 10.8 Å². The molecule has 4 N–H and O–H groups in total. The molecule has 0 aliphatic rings. The minimum absolute atomic E-state index is 0.532. The van der Waals surface area contributed by atoms with Crippen LogP contribution in [0.2, 0.25) is 0 Å². The zero-order chi connectivity index (χ0) is 13.9. The van der Waals surface area contributed by atoms with E-state index in [9.17, 15) is 0 Å². The Kier molecular flexibility index (Phi) is 3.66. The molecular weight excluding hydrogens is 292 g/mol. The second-order valence-corrected chi connectivity index (χ2v) is 5.91. The molecule has 0 amide bonds. The largest absolute Gasteiger partial charge is 0.382 e. The minimum atomic E-state index is 0.532. The van der Waals surface area contributed by atoms with E-state index in [0.717, 1.165) is 40.1 Å². The molecule has 0 radical (unpaired) electrons. The number of thiazole rings is 1. The van der Waals surface area contributed by atoms with Crippen LogP contribution in [0.15, 0.2) is 17.8 Å². The normalized spacial score (nSPS) is 10.8. The second-order valence-electron chi connectivity index (χ2n) is 4.28. The predicted molar refractivity (Wildman–Crippen MR) is 83.2 cm³/mol. The third kappa shape index (κ3) is 2.66. The van der Waals surface area contributed by atoms with Crippen LogP contribution in [0.3, 0.4) is 0 Å². The number of H-pyrrole nitrogens is 1. The molecule has 0 spiro atoms. The van der Waals surface area contributed by atoms with Crippen molar-refractivity contribution in [1.29, 1.82) is 0 Å². The summed E-state index contributed by atoms with van der Waals surface area (Å²) in [7, 11) is 0. The van der Waals surface area contributed by atoms with Crippen molar-refractivity contribution >= 4 is 33.7 Å². The first-order valence-corrected chi connectivity index (χ1v) is 7.79. The number of nitrogens with two attached hydrogens (primary N) is 1. The Morgan fingerprint density at radius 3 is 3.05 bits per heavy atom. The molecule has 0 aromatic carbocycles. The third-order valence-corrected chi connectivity index (χ3v) is 4.55.